The minimum Gasteiger partial charge on any atom is -0.548 e. The van der Waals surface area contributed by atoms with Crippen LogP contribution < -0.4 is 0 Å². The van der Waals surface area contributed by atoms with Gasteiger partial charge >= 0.3 is 0 Å². The topological polar surface area (TPSA) is 9.23 Å². The molecule has 0 unspecified atom stereocenters. The fourth-order valence-corrected chi connectivity index (χ4v) is 32.3. The zero-order valence-electron chi connectivity index (χ0n) is 12.7. The lowest BCUT2D eigenvalue weighted by atomic mass is 10.7. The molecule has 0 atom stereocenters. The Kier molecular flexibility index (Phi) is 4.88. The number of hydrogen-bond donors (Lipinski definition) is 0. The van der Waals surface area contributed by atoms with Gasteiger partial charge in [0.2, 0.25) is 8.32 Å². The van der Waals surface area contributed by atoms with Crippen molar-refractivity contribution in [3.8, 4) is 0 Å². The van der Waals surface area contributed by atoms with Crippen molar-refractivity contribution in [1.29, 1.82) is 0 Å². The number of hydrogen-bond acceptors (Lipinski definition) is 1. The fourth-order valence-electron chi connectivity index (χ4n) is 3.89. The van der Waals surface area contributed by atoms with Crippen LogP contribution in [0.4, 0.5) is 0 Å². The van der Waals surface area contributed by atoms with Gasteiger partial charge in [0.25, 0.3) is 0 Å². The largest absolute Gasteiger partial charge is 0.548 e. The Morgan fingerprint density at radius 1 is 0.875 bits per heavy atom. The summed E-state index contributed by atoms with van der Waals surface area (Å²) >= 11 is 0. The molecule has 0 spiro atoms. The van der Waals surface area contributed by atoms with E-state index in [0.29, 0.717) is 0 Å². The molecule has 0 saturated carbocycles. The molecule has 0 aliphatic heterocycles. The molecule has 0 N–H and O–H groups in total. The van der Waals surface area contributed by atoms with Crippen LogP contribution in [-0.2, 0) is 4.43 Å². The molecule has 0 rings (SSSR count). The van der Waals surface area contributed by atoms with Crippen molar-refractivity contribution in [2.75, 3.05) is 0 Å². The molecule has 0 bridgehead atoms. The van der Waals surface area contributed by atoms with Crippen LogP contribution in [0, 0.1) is 0 Å². The Morgan fingerprint density at radius 3 is 1.38 bits per heavy atom. The molecule has 4 heteroatoms. The molecule has 96 valence electrons. The maximum atomic E-state index is 6.17. The van der Waals surface area contributed by atoms with E-state index >= 15 is 0 Å². The maximum Gasteiger partial charge on any atom is 0.242 e. The van der Waals surface area contributed by atoms with Crippen LogP contribution in [0.25, 0.3) is 0 Å². The first-order valence-electron chi connectivity index (χ1n) is 6.13. The summed E-state index contributed by atoms with van der Waals surface area (Å²) in [6.45, 7) is 25.6. The third-order valence-corrected chi connectivity index (χ3v) is 23.2. The zero-order chi connectivity index (χ0) is 13.4. The Bertz CT molecular complexity index is 244. The van der Waals surface area contributed by atoms with Crippen LogP contribution in [0.3, 0.4) is 0 Å². The van der Waals surface area contributed by atoms with Crippen molar-refractivity contribution < 1.29 is 4.43 Å². The average molecular weight is 275 g/mol. The third-order valence-electron chi connectivity index (χ3n) is 2.86. The molecule has 0 aromatic heterocycles. The van der Waals surface area contributed by atoms with Gasteiger partial charge in [-0.05, 0) is 24.8 Å². The second-order valence-corrected chi connectivity index (χ2v) is 23.9. The molecule has 1 nitrogen and oxygen atoms in total. The van der Waals surface area contributed by atoms with Crippen LogP contribution in [0.1, 0.15) is 6.92 Å². The van der Waals surface area contributed by atoms with Crippen LogP contribution >= 0.6 is 0 Å². The molecule has 0 amide bonds. The first-order chi connectivity index (χ1) is 6.78. The van der Waals surface area contributed by atoms with Crippen LogP contribution in [0.2, 0.25) is 57.2 Å². The van der Waals surface area contributed by atoms with Crippen LogP contribution in [0.5, 0.6) is 0 Å². The summed E-state index contributed by atoms with van der Waals surface area (Å²) < 4.78 is 6.17. The summed E-state index contributed by atoms with van der Waals surface area (Å²) in [5.74, 6) is 0.901. The van der Waals surface area contributed by atoms with Crippen molar-refractivity contribution in [3.05, 3.63) is 12.3 Å². The molecule has 16 heavy (non-hydrogen) atoms. The van der Waals surface area contributed by atoms with E-state index in [1.807, 2.05) is 6.92 Å². The maximum absolute atomic E-state index is 6.17. The summed E-state index contributed by atoms with van der Waals surface area (Å²) in [7, 11) is -3.98. The molecule has 0 aliphatic rings. The quantitative estimate of drug-likeness (QED) is 0.513. The Labute approximate surface area is 105 Å². The Balaban J connectivity index is 5.28. The molecule has 0 fully saturated rings. The monoisotopic (exact) mass is 274 g/mol. The van der Waals surface area contributed by atoms with Crippen molar-refractivity contribution >= 4 is 24.5 Å². The SMILES string of the molecule is C=C(C)O[Si](C)(C)C([Si](C)(C)C)[Si](C)(C)C. The highest BCUT2D eigenvalue weighted by molar-refractivity contribution is 7.10. The summed E-state index contributed by atoms with van der Waals surface area (Å²) in [4.78, 5) is 0.865. The second-order valence-electron chi connectivity index (χ2n) is 7.57. The highest BCUT2D eigenvalue weighted by atomic mass is 28.5. The van der Waals surface area contributed by atoms with E-state index in [-0.39, 0.29) is 0 Å². The van der Waals surface area contributed by atoms with E-state index in [0.717, 1.165) is 10.5 Å². The predicted octanol–water partition coefficient (Wildman–Crippen LogP) is 4.87. The molecule has 0 aromatic rings. The summed E-state index contributed by atoms with van der Waals surface area (Å²) in [6, 6.07) is 0. The minimum absolute atomic E-state index is 0.865. The lowest BCUT2D eigenvalue weighted by Crippen LogP contribution is -2.58. The molecule has 0 aromatic carbocycles. The Morgan fingerprint density at radius 2 is 1.19 bits per heavy atom. The lowest BCUT2D eigenvalue weighted by Gasteiger charge is -2.46. The van der Waals surface area contributed by atoms with Gasteiger partial charge in [-0.1, -0.05) is 45.9 Å². The van der Waals surface area contributed by atoms with Gasteiger partial charge in [0.1, 0.15) is 0 Å². The fraction of sp³-hybridized carbons (Fsp3) is 0.833. The normalized spacial score (nSPS) is 14.1. The standard InChI is InChI=1S/C12H30OSi3/c1-11(2)13-16(9,10)12(14(3,4)5)15(6,7)8/h12H,1H2,2-10H3. The number of rotatable bonds is 5. The molecular formula is C12H30OSi3. The number of allylic oxidation sites excluding steroid dienone is 1. The van der Waals surface area contributed by atoms with Crippen molar-refractivity contribution in [1.82, 2.24) is 0 Å². The zero-order valence-corrected chi connectivity index (χ0v) is 15.7. The predicted molar refractivity (Wildman–Crippen MR) is 83.8 cm³/mol. The van der Waals surface area contributed by atoms with E-state index in [2.05, 4.69) is 59.0 Å². The van der Waals surface area contributed by atoms with Gasteiger partial charge in [-0.3, -0.25) is 0 Å². The highest BCUT2D eigenvalue weighted by Crippen LogP contribution is 2.41. The molecule has 0 heterocycles. The average Bonchev–Trinajstić information content (AvgIpc) is 1.70. The summed E-state index contributed by atoms with van der Waals surface area (Å²) in [5, 5.41) is 0. The van der Waals surface area contributed by atoms with Gasteiger partial charge in [-0.25, -0.2) is 0 Å². The summed E-state index contributed by atoms with van der Waals surface area (Å²) in [5.41, 5.74) is 0. The molecule has 0 aliphatic carbocycles. The van der Waals surface area contributed by atoms with Gasteiger partial charge in [-0.15, -0.1) is 0 Å². The van der Waals surface area contributed by atoms with Crippen LogP contribution in [-0.4, -0.2) is 24.5 Å². The van der Waals surface area contributed by atoms with E-state index in [1.165, 1.54) is 0 Å². The van der Waals surface area contributed by atoms with Gasteiger partial charge in [0.05, 0.1) is 5.76 Å². The highest BCUT2D eigenvalue weighted by Gasteiger charge is 2.50. The van der Waals surface area contributed by atoms with E-state index in [1.54, 1.807) is 0 Å². The minimum atomic E-state index is -1.64. The van der Waals surface area contributed by atoms with E-state index in [9.17, 15) is 0 Å². The van der Waals surface area contributed by atoms with E-state index in [4.69, 9.17) is 4.43 Å². The van der Waals surface area contributed by atoms with Crippen molar-refractivity contribution in [2.24, 2.45) is 0 Å². The van der Waals surface area contributed by atoms with Gasteiger partial charge in [-0.2, -0.15) is 0 Å². The van der Waals surface area contributed by atoms with Gasteiger partial charge in [0, 0.05) is 16.1 Å². The van der Waals surface area contributed by atoms with Gasteiger partial charge < -0.3 is 4.43 Å². The van der Waals surface area contributed by atoms with Crippen molar-refractivity contribution in [2.45, 2.75) is 64.1 Å². The molecule has 0 radical (unpaired) electrons. The van der Waals surface area contributed by atoms with Crippen LogP contribution in [0.15, 0.2) is 12.3 Å². The first kappa shape index (κ1) is 16.2. The summed E-state index contributed by atoms with van der Waals surface area (Å²) in [6.07, 6.45) is 0. The van der Waals surface area contributed by atoms with E-state index < -0.39 is 24.5 Å². The molecule has 0 saturated heterocycles. The lowest BCUT2D eigenvalue weighted by molar-refractivity contribution is 0.421. The van der Waals surface area contributed by atoms with Gasteiger partial charge in [0.15, 0.2) is 0 Å². The third kappa shape index (κ3) is 4.59. The first-order valence-corrected chi connectivity index (χ1v) is 16.3. The molecular weight excluding hydrogens is 244 g/mol. The Hall–Kier alpha value is 0.191. The second kappa shape index (κ2) is 4.82. The van der Waals surface area contributed by atoms with Crippen molar-refractivity contribution in [3.63, 3.8) is 0 Å². The smallest absolute Gasteiger partial charge is 0.242 e.